The molecule has 0 saturated carbocycles. The van der Waals surface area contributed by atoms with Gasteiger partial charge in [0.1, 0.15) is 25.6 Å². The summed E-state index contributed by atoms with van der Waals surface area (Å²) in [5, 5.41) is 7.42. The largest absolute Gasteiger partial charge is 0.485 e. The van der Waals surface area contributed by atoms with Gasteiger partial charge in [-0.2, -0.15) is 0 Å². The zero-order chi connectivity index (χ0) is 34.3. The minimum absolute atomic E-state index is 0.289. The molecule has 0 aromatic heterocycles. The van der Waals surface area contributed by atoms with Crippen molar-refractivity contribution in [2.24, 2.45) is 0 Å². The van der Waals surface area contributed by atoms with Crippen LogP contribution >= 0.6 is 0 Å². The Morgan fingerprint density at radius 1 is 0.532 bits per heavy atom. The molecule has 0 unspecified atom stereocenters. The van der Waals surface area contributed by atoms with Crippen LogP contribution in [-0.4, -0.2) is 17.0 Å². The van der Waals surface area contributed by atoms with E-state index in [0.29, 0.717) is 29.6 Å². The molecule has 246 valence electrons. The van der Waals surface area contributed by atoms with Crippen LogP contribution in [0.1, 0.15) is 61.7 Å². The lowest BCUT2D eigenvalue weighted by molar-refractivity contribution is -0.134. The van der Waals surface area contributed by atoms with Gasteiger partial charge in [-0.1, -0.05) is 137 Å². The van der Waals surface area contributed by atoms with E-state index in [0.717, 1.165) is 23.6 Å². The first kappa shape index (κ1) is 37.6. The molecular formula is C40H44O7. The molecule has 5 aromatic rings. The number of rotatable bonds is 11. The molecule has 0 heterocycles. The van der Waals surface area contributed by atoms with Gasteiger partial charge in [0.05, 0.1) is 5.56 Å². The average molecular weight is 637 g/mol. The Labute approximate surface area is 278 Å². The molecule has 0 spiro atoms. The predicted octanol–water partition coefficient (Wildman–Crippen LogP) is 9.79. The van der Waals surface area contributed by atoms with E-state index in [4.69, 9.17) is 28.8 Å². The highest BCUT2D eigenvalue weighted by atomic mass is 16.5. The lowest BCUT2D eigenvalue weighted by Gasteiger charge is -2.19. The molecule has 1 N–H and O–H groups in total. The molecule has 0 saturated heterocycles. The van der Waals surface area contributed by atoms with Crippen LogP contribution in [0.3, 0.4) is 0 Å². The lowest BCUT2D eigenvalue weighted by Crippen LogP contribution is -2.11. The van der Waals surface area contributed by atoms with Crippen molar-refractivity contribution in [1.82, 2.24) is 0 Å². The van der Waals surface area contributed by atoms with Crippen LogP contribution in [0.2, 0.25) is 0 Å². The van der Waals surface area contributed by atoms with E-state index < -0.39 is 11.9 Å². The Bertz CT molecular complexity index is 1500. The number of esters is 1. The number of carboxylic acids is 1. The Morgan fingerprint density at radius 2 is 0.851 bits per heavy atom. The van der Waals surface area contributed by atoms with Crippen LogP contribution in [-0.2, 0) is 24.6 Å². The van der Waals surface area contributed by atoms with Crippen molar-refractivity contribution < 1.29 is 33.6 Å². The second-order valence-corrected chi connectivity index (χ2v) is 9.35. The Morgan fingerprint density at radius 3 is 1.21 bits per heavy atom. The summed E-state index contributed by atoms with van der Waals surface area (Å²) in [6.45, 7) is 9.97. The summed E-state index contributed by atoms with van der Waals surface area (Å²) in [6.07, 6.45) is 0. The van der Waals surface area contributed by atoms with E-state index in [1.807, 2.05) is 137 Å². The van der Waals surface area contributed by atoms with Gasteiger partial charge in [0.15, 0.2) is 11.5 Å². The number of para-hydroxylation sites is 1. The summed E-state index contributed by atoms with van der Waals surface area (Å²) in [6, 6.07) is 41.7. The molecule has 0 aliphatic carbocycles. The maximum atomic E-state index is 13.2. The lowest BCUT2D eigenvalue weighted by atomic mass is 10.1. The average Bonchev–Trinajstić information content (AvgIpc) is 3.12. The standard InChI is InChI=1S/C34H28O5.C2H4O2.2C2H6/c35-34(39-30-19-11-4-12-20-30)29-21-31(36-23-26-13-5-1-6-14-26)33(38-25-28-17-9-3-10-18-28)32(22-29)37-24-27-15-7-2-8-16-27;1-2(3)4;2*1-2/h1-22H,23-25H2;1H3,(H,3,4);2*1-2H3. The van der Waals surface area contributed by atoms with E-state index >= 15 is 0 Å². The maximum Gasteiger partial charge on any atom is 0.343 e. The molecule has 5 rings (SSSR count). The van der Waals surface area contributed by atoms with Crippen molar-refractivity contribution in [2.45, 2.75) is 54.4 Å². The summed E-state index contributed by atoms with van der Waals surface area (Å²) >= 11 is 0. The second-order valence-electron chi connectivity index (χ2n) is 9.35. The van der Waals surface area contributed by atoms with Gasteiger partial charge in [-0.15, -0.1) is 0 Å². The van der Waals surface area contributed by atoms with Crippen LogP contribution in [0, 0.1) is 0 Å². The van der Waals surface area contributed by atoms with Crippen molar-refractivity contribution in [3.05, 3.63) is 156 Å². The smallest absolute Gasteiger partial charge is 0.343 e. The summed E-state index contributed by atoms with van der Waals surface area (Å²) in [5.41, 5.74) is 3.25. The SMILES string of the molecule is CC.CC.CC(=O)O.O=C(Oc1ccccc1)c1cc(OCc2ccccc2)c(OCc2ccccc2)c(OCc2ccccc2)c1. The molecular weight excluding hydrogens is 592 g/mol. The van der Waals surface area contributed by atoms with Gasteiger partial charge in [-0.3, -0.25) is 4.79 Å². The van der Waals surface area contributed by atoms with Crippen LogP contribution in [0.5, 0.6) is 23.0 Å². The normalized spacial score (nSPS) is 9.47. The highest BCUT2D eigenvalue weighted by Crippen LogP contribution is 2.40. The number of carboxylic acid groups (broad SMARTS) is 1. The molecule has 0 amide bonds. The fraction of sp³-hybridized carbons (Fsp3) is 0.200. The first-order valence-electron chi connectivity index (χ1n) is 15.6. The van der Waals surface area contributed by atoms with E-state index in [1.165, 1.54) is 0 Å². The summed E-state index contributed by atoms with van der Waals surface area (Å²) in [7, 11) is 0. The summed E-state index contributed by atoms with van der Waals surface area (Å²) in [4.78, 5) is 22.2. The molecule has 5 aromatic carbocycles. The van der Waals surface area contributed by atoms with Crippen molar-refractivity contribution in [3.8, 4) is 23.0 Å². The van der Waals surface area contributed by atoms with Gasteiger partial charge < -0.3 is 24.1 Å². The molecule has 0 aliphatic heterocycles. The number of carbonyl (C=O) groups is 2. The van der Waals surface area contributed by atoms with Gasteiger partial charge in [0.25, 0.3) is 5.97 Å². The highest BCUT2D eigenvalue weighted by Gasteiger charge is 2.21. The Hall–Kier alpha value is -5.56. The van der Waals surface area contributed by atoms with Crippen LogP contribution in [0.15, 0.2) is 133 Å². The molecule has 47 heavy (non-hydrogen) atoms. The zero-order valence-corrected chi connectivity index (χ0v) is 27.7. The number of aliphatic carboxylic acids is 1. The number of ether oxygens (including phenoxy) is 4. The molecule has 0 aliphatic rings. The maximum absolute atomic E-state index is 13.2. The van der Waals surface area contributed by atoms with Crippen LogP contribution in [0.25, 0.3) is 0 Å². The molecule has 7 heteroatoms. The number of benzene rings is 5. The van der Waals surface area contributed by atoms with E-state index in [2.05, 4.69) is 0 Å². The third-order valence-electron chi connectivity index (χ3n) is 5.91. The minimum atomic E-state index is -0.833. The first-order valence-corrected chi connectivity index (χ1v) is 15.6. The van der Waals surface area contributed by atoms with E-state index in [9.17, 15) is 4.79 Å². The van der Waals surface area contributed by atoms with Gasteiger partial charge in [0.2, 0.25) is 5.75 Å². The summed E-state index contributed by atoms with van der Waals surface area (Å²) < 4.78 is 24.4. The van der Waals surface area contributed by atoms with E-state index in [-0.39, 0.29) is 18.8 Å². The third-order valence-corrected chi connectivity index (χ3v) is 5.91. The zero-order valence-electron chi connectivity index (χ0n) is 27.7. The molecule has 7 nitrogen and oxygen atoms in total. The van der Waals surface area contributed by atoms with Crippen LogP contribution in [0.4, 0.5) is 0 Å². The topological polar surface area (TPSA) is 91.3 Å². The fourth-order valence-corrected chi connectivity index (χ4v) is 3.91. The van der Waals surface area contributed by atoms with Gasteiger partial charge >= 0.3 is 5.97 Å². The highest BCUT2D eigenvalue weighted by molar-refractivity contribution is 5.92. The van der Waals surface area contributed by atoms with Crippen molar-refractivity contribution in [3.63, 3.8) is 0 Å². The molecule has 0 bridgehead atoms. The first-order chi connectivity index (χ1) is 23.0. The van der Waals surface area contributed by atoms with Gasteiger partial charge in [0, 0.05) is 6.92 Å². The monoisotopic (exact) mass is 636 g/mol. The Kier molecular flexibility index (Phi) is 17.6. The van der Waals surface area contributed by atoms with Gasteiger partial charge in [-0.25, -0.2) is 4.79 Å². The minimum Gasteiger partial charge on any atom is -0.485 e. The number of hydrogen-bond acceptors (Lipinski definition) is 6. The van der Waals surface area contributed by atoms with Crippen molar-refractivity contribution in [1.29, 1.82) is 0 Å². The third kappa shape index (κ3) is 14.0. The van der Waals surface area contributed by atoms with Crippen molar-refractivity contribution in [2.75, 3.05) is 0 Å². The van der Waals surface area contributed by atoms with E-state index in [1.54, 1.807) is 24.3 Å². The van der Waals surface area contributed by atoms with Gasteiger partial charge in [-0.05, 0) is 41.0 Å². The van der Waals surface area contributed by atoms with Crippen molar-refractivity contribution >= 4 is 11.9 Å². The second kappa shape index (κ2) is 22.0. The number of hydrogen-bond donors (Lipinski definition) is 1. The predicted molar refractivity (Wildman–Crippen MR) is 186 cm³/mol. The molecule has 0 radical (unpaired) electrons. The van der Waals surface area contributed by atoms with Crippen LogP contribution < -0.4 is 18.9 Å². The fourth-order valence-electron chi connectivity index (χ4n) is 3.91. The molecule has 0 atom stereocenters. The summed E-state index contributed by atoms with van der Waals surface area (Å²) in [5.74, 6) is 0.290. The number of carbonyl (C=O) groups excluding carboxylic acids is 1. The molecule has 0 fully saturated rings. The quantitative estimate of drug-likeness (QED) is 0.114. The Balaban J connectivity index is 0.000000878.